The molecule has 0 bridgehead atoms. The first kappa shape index (κ1) is 63.5. The Balaban J connectivity index is 1.09. The minimum absolute atomic E-state index is 0.0534. The molecule has 17 aromatic rings. The van der Waals surface area contributed by atoms with Crippen molar-refractivity contribution in [3.63, 3.8) is 0 Å². The monoisotopic (exact) mass is 1620 g/mol. The van der Waals surface area contributed by atoms with Gasteiger partial charge in [-0.05, 0) is 235 Å². The third kappa shape index (κ3) is 14.1. The van der Waals surface area contributed by atoms with Crippen LogP contribution in [-0.4, -0.2) is 15.8 Å². The molecule has 2 aliphatic heterocycles. The summed E-state index contributed by atoms with van der Waals surface area (Å²) in [6.45, 7) is 46.2. The number of fused-ring (bicyclic) bond motifs is 10. The number of rotatable bonds is 10. The maximum Gasteiger partial charge on any atom is 0.252 e. The molecule has 2 aliphatic rings. The molecule has 0 radical (unpaired) electrons. The van der Waals surface area contributed by atoms with E-state index < -0.39 is 130 Å². The quantitative estimate of drug-likeness (QED) is 0.127. The van der Waals surface area contributed by atoms with E-state index in [1.165, 1.54) is 0 Å². The Morgan fingerprint density at radius 1 is 0.228 bits per heavy atom. The van der Waals surface area contributed by atoms with Crippen LogP contribution in [0.1, 0.15) is 206 Å². The predicted octanol–water partition coefficient (Wildman–Crippen LogP) is 31.0. The fourth-order valence-electron chi connectivity index (χ4n) is 18.3. The Morgan fingerprint density at radius 3 is 0.829 bits per heavy atom. The Kier molecular flexibility index (Phi) is 15.0. The molecule has 0 atom stereocenters. The second kappa shape index (κ2) is 29.1. The largest absolute Gasteiger partial charge is 0.310 e. The van der Waals surface area contributed by atoms with Gasteiger partial charge in [-0.15, -0.1) is 0 Å². The Labute approximate surface area is 753 Å². The minimum Gasteiger partial charge on any atom is -0.310 e. The third-order valence-corrected chi connectivity index (χ3v) is 25.4. The van der Waals surface area contributed by atoms with Gasteiger partial charge >= 0.3 is 0 Å². The van der Waals surface area contributed by atoms with E-state index in [1.807, 2.05) is 36.4 Å². The summed E-state index contributed by atoms with van der Waals surface area (Å²) in [5.74, 6) is 0. The first-order chi connectivity index (χ1) is 65.1. The number of nitrogens with zero attached hydrogens (tertiary/aromatic N) is 4. The van der Waals surface area contributed by atoms with Crippen molar-refractivity contribution in [2.24, 2.45) is 0 Å². The molecule has 19 rings (SSSR count). The van der Waals surface area contributed by atoms with Crippen LogP contribution in [0, 0.1) is 0 Å². The van der Waals surface area contributed by atoms with Gasteiger partial charge in [-0.2, -0.15) is 0 Å². The molecule has 0 aliphatic carbocycles. The summed E-state index contributed by atoms with van der Waals surface area (Å²) in [7, 11) is 0. The summed E-state index contributed by atoms with van der Waals surface area (Å²) in [6, 6.07) is 70.6. The van der Waals surface area contributed by atoms with E-state index in [1.54, 1.807) is 9.13 Å². The van der Waals surface area contributed by atoms with Crippen LogP contribution in [-0.2, 0) is 37.9 Å². The van der Waals surface area contributed by atoms with Crippen molar-refractivity contribution in [1.29, 1.82) is 0 Å². The molecule has 5 heteroatoms. The maximum absolute atomic E-state index is 10.2. The molecule has 123 heavy (non-hydrogen) atoms. The second-order valence-electron chi connectivity index (χ2n) is 41.2. The fraction of sp³-hybridized carbons (Fsp3) is 0.237. The van der Waals surface area contributed by atoms with Gasteiger partial charge in [0.15, 0.2) is 0 Å². The van der Waals surface area contributed by atoms with Gasteiger partial charge in [0.25, 0.3) is 6.71 Å². The Morgan fingerprint density at radius 2 is 0.504 bits per heavy atom. The Hall–Kier alpha value is -12.4. The lowest BCUT2D eigenvalue weighted by atomic mass is 9.33. The van der Waals surface area contributed by atoms with Crippen LogP contribution in [0.2, 0.25) is 0 Å². The molecule has 0 fully saturated rings. The first-order valence-electron chi connectivity index (χ1n) is 51.2. The van der Waals surface area contributed by atoms with Crippen LogP contribution in [0.5, 0.6) is 0 Å². The molecular weight excluding hydrogens is 1480 g/mol. The molecule has 4 heterocycles. The molecule has 610 valence electrons. The van der Waals surface area contributed by atoms with Gasteiger partial charge in [0.05, 0.1) is 55.4 Å². The predicted molar refractivity (Wildman–Crippen MR) is 533 cm³/mol. The highest BCUT2D eigenvalue weighted by Gasteiger charge is 2.47. The van der Waals surface area contributed by atoms with Crippen molar-refractivity contribution in [3.05, 3.63) is 354 Å². The van der Waals surface area contributed by atoms with Gasteiger partial charge in [-0.25, -0.2) is 0 Å². The number of para-hydroxylation sites is 4. The minimum atomic E-state index is -0.835. The van der Waals surface area contributed by atoms with Crippen LogP contribution in [0.25, 0.3) is 122 Å². The highest BCUT2D eigenvalue weighted by molar-refractivity contribution is 7.00. The van der Waals surface area contributed by atoms with Crippen LogP contribution >= 0.6 is 0 Å². The average molecular weight is 1620 g/mol. The zero-order valence-electron chi connectivity index (χ0n) is 90.7. The maximum atomic E-state index is 10.2. The molecule has 0 amide bonds. The molecule has 15 aromatic carbocycles. The molecule has 0 saturated carbocycles. The van der Waals surface area contributed by atoms with Crippen LogP contribution in [0.15, 0.2) is 315 Å². The van der Waals surface area contributed by atoms with Crippen molar-refractivity contribution in [2.75, 3.05) is 9.80 Å². The van der Waals surface area contributed by atoms with Crippen LogP contribution < -0.4 is 26.2 Å². The molecule has 0 spiro atoms. The van der Waals surface area contributed by atoms with Gasteiger partial charge in [0.2, 0.25) is 0 Å². The van der Waals surface area contributed by atoms with Gasteiger partial charge < -0.3 is 18.9 Å². The Bertz CT molecular complexity index is 7500. The highest BCUT2D eigenvalue weighted by atomic mass is 15.2. The number of hydrogen-bond acceptors (Lipinski definition) is 2. The van der Waals surface area contributed by atoms with Gasteiger partial charge in [0, 0.05) is 77.9 Å². The van der Waals surface area contributed by atoms with E-state index in [4.69, 9.17) is 0 Å². The van der Waals surface area contributed by atoms with E-state index in [0.29, 0.717) is 22.7 Å². The van der Waals surface area contributed by atoms with Crippen molar-refractivity contribution in [1.82, 2.24) is 9.13 Å². The lowest BCUT2D eigenvalue weighted by molar-refractivity contribution is 0.589. The lowest BCUT2D eigenvalue weighted by Gasteiger charge is -2.47. The molecule has 4 nitrogen and oxygen atoms in total. The van der Waals surface area contributed by atoms with Crippen LogP contribution in [0.4, 0.5) is 34.1 Å². The van der Waals surface area contributed by atoms with Crippen molar-refractivity contribution >= 4 is 101 Å². The third-order valence-electron chi connectivity index (χ3n) is 25.4. The fourth-order valence-corrected chi connectivity index (χ4v) is 18.3. The summed E-state index contributed by atoms with van der Waals surface area (Å²) >= 11 is 0. The molecule has 0 unspecified atom stereocenters. The highest BCUT2D eigenvalue weighted by Crippen LogP contribution is 2.57. The average Bonchev–Trinajstić information content (AvgIpc) is 1.69. The number of benzene rings is 15. The second-order valence-corrected chi connectivity index (χ2v) is 41.2. The lowest BCUT2D eigenvalue weighted by Crippen LogP contribution is -2.61. The molecular formula is C118H115BN4. The number of aromatic nitrogens is 2. The van der Waals surface area contributed by atoms with Crippen molar-refractivity contribution in [3.8, 4) is 78.1 Å². The van der Waals surface area contributed by atoms with E-state index in [9.17, 15) is 21.9 Å². The van der Waals surface area contributed by atoms with E-state index >= 15 is 0 Å². The molecule has 0 N–H and O–H groups in total. The van der Waals surface area contributed by atoms with E-state index in [-0.39, 0.29) is 54.4 Å². The van der Waals surface area contributed by atoms with Gasteiger partial charge in [-0.3, -0.25) is 0 Å². The van der Waals surface area contributed by atoms with E-state index in [2.05, 4.69) is 337 Å². The van der Waals surface area contributed by atoms with Crippen molar-refractivity contribution in [2.45, 2.75) is 183 Å². The summed E-state index contributed by atoms with van der Waals surface area (Å²) in [6.07, 6.45) is 0. The smallest absolute Gasteiger partial charge is 0.252 e. The summed E-state index contributed by atoms with van der Waals surface area (Å²) in [5, 5.41) is -0.301. The first-order valence-corrected chi connectivity index (χ1v) is 43.2. The summed E-state index contributed by atoms with van der Waals surface area (Å²) in [4.78, 5) is 4.86. The zero-order chi connectivity index (χ0) is 100. The summed E-state index contributed by atoms with van der Waals surface area (Å²) < 4.78 is 159. The van der Waals surface area contributed by atoms with Crippen molar-refractivity contribution < 1.29 is 21.9 Å². The standard InChI is InChI=1S/C118H115BN4/c1-112(2,3)82-44-36-42-76(60-82)95-66-86(116(13,14)15)68-97(80-58-78(74-38-24-22-25-39-74)62-84(64-80)114(7,8)9)110(95)122-105-72-89(120-101-50-32-28-46-91(101)92-47-29-33-51-102(92)120)54-56-99(105)119-100-57-55-90(121-103-52-34-30-48-93(103)94-49-31-35-53-104(94)121)73-106(100)123(108-71-88(118(19,20)21)70-107(122)109(108)119)111-96(77-43-37-45-83(61-77)113(4,5)6)67-87(117(16,17)18)69-98(111)81-59-79(75-40-26-23-27-41-75)63-85(65-81)115(10,11)12/h22-73H,1-21H3/i28D,29D,30D,31D,32D,33D,34D,35D,46D,47D,48D,49D,50D,51D,52D,53D. The van der Waals surface area contributed by atoms with Gasteiger partial charge in [-0.1, -0.05) is 364 Å². The summed E-state index contributed by atoms with van der Waals surface area (Å²) in [5.41, 5.74) is 22.1. The normalized spacial score (nSPS) is 15.2. The zero-order valence-corrected chi connectivity index (χ0v) is 74.7. The topological polar surface area (TPSA) is 16.3 Å². The number of hydrogen-bond donors (Lipinski definition) is 0. The molecule has 0 saturated heterocycles. The van der Waals surface area contributed by atoms with Gasteiger partial charge in [0.1, 0.15) is 0 Å². The van der Waals surface area contributed by atoms with E-state index in [0.717, 1.165) is 145 Å². The van der Waals surface area contributed by atoms with Crippen LogP contribution in [0.3, 0.4) is 0 Å². The SMILES string of the molecule is [2H]c1c([2H])c([2H])c2c(c1[2H])c1c([2H])c([2H])c([2H])c([2H])c1n2-c1ccc2c(c1)N(c1c(-c3cccc(C(C)(C)C)c3)cc(C(C)(C)C)cc1-c1cc(-c3ccccc3)cc(C(C)(C)C)c1)c1cc(C(C)(C)C)cc3c1B2c1ccc(-n2c4c([2H])c([2H])c([2H])c([2H])c4c4c([2H])c([2H])c([2H])c([2H])c42)cc1N3c1c(-c2cccc(C(C)(C)C)c2)cc(C(C)(C)C)cc1-c1cc(-c2ccccc2)cc(C(C)(C)C)c1. The number of anilines is 6. The molecule has 2 aromatic heterocycles.